The van der Waals surface area contributed by atoms with Crippen molar-refractivity contribution in [3.8, 4) is 0 Å². The number of benzene rings is 2. The number of halogens is 1. The van der Waals surface area contributed by atoms with Gasteiger partial charge in [0, 0.05) is 16.1 Å². The van der Waals surface area contributed by atoms with E-state index in [1.165, 1.54) is 27.1 Å². The maximum absolute atomic E-state index is 13.5. The Hall–Kier alpha value is -3.79. The van der Waals surface area contributed by atoms with Gasteiger partial charge in [-0.1, -0.05) is 47.1 Å². The van der Waals surface area contributed by atoms with Gasteiger partial charge in [0.1, 0.15) is 16.2 Å². The van der Waals surface area contributed by atoms with Crippen molar-refractivity contribution in [1.29, 1.82) is 0 Å². The average Bonchev–Trinajstić information content (AvgIpc) is 2.86. The number of carbonyl (C=O) groups excluding carboxylic acids is 2. The van der Waals surface area contributed by atoms with E-state index >= 15 is 0 Å². The second-order valence-electron chi connectivity index (χ2n) is 7.91. The standard InChI is InChI=1S/C26H17ClN4O3S2/c1-15-5-11-18(12-6-15)36-23-20(24(33)30-13-3-2-4-21(30)28-23)14-19-22(32)29-26(35)31(25(19)34)17-9-7-16(27)8-10-17/h2-14H,1H3,(H,29,32,35)/b19-14-. The SMILES string of the molecule is Cc1ccc(Sc2nc3ccccn3c(=O)c2/C=C2/C(=O)NC(=S)N(c3ccc(Cl)cc3)C2=O)cc1. The van der Waals surface area contributed by atoms with Gasteiger partial charge in [0.05, 0.1) is 11.3 Å². The summed E-state index contributed by atoms with van der Waals surface area (Å²) in [6.45, 7) is 1.98. The minimum atomic E-state index is -0.695. The largest absolute Gasteiger partial charge is 0.298 e. The van der Waals surface area contributed by atoms with E-state index in [-0.39, 0.29) is 16.2 Å². The minimum Gasteiger partial charge on any atom is -0.298 e. The molecule has 0 bridgehead atoms. The summed E-state index contributed by atoms with van der Waals surface area (Å²) in [5, 5.41) is 3.33. The Bertz CT molecular complexity index is 1630. The van der Waals surface area contributed by atoms with Gasteiger partial charge in [-0.3, -0.25) is 29.0 Å². The van der Waals surface area contributed by atoms with Crippen molar-refractivity contribution in [2.75, 3.05) is 4.90 Å². The first kappa shape index (κ1) is 23.9. The van der Waals surface area contributed by atoms with Crippen LogP contribution in [0.1, 0.15) is 11.1 Å². The Morgan fingerprint density at radius 3 is 2.44 bits per heavy atom. The van der Waals surface area contributed by atoms with Crippen LogP contribution in [0, 0.1) is 6.92 Å². The summed E-state index contributed by atoms with van der Waals surface area (Å²) in [5.41, 5.74) is 1.45. The van der Waals surface area contributed by atoms with Crippen molar-refractivity contribution < 1.29 is 9.59 Å². The second kappa shape index (κ2) is 9.69. The molecular formula is C26H17ClN4O3S2. The van der Waals surface area contributed by atoms with Crippen LogP contribution in [-0.2, 0) is 9.59 Å². The quantitative estimate of drug-likeness (QED) is 0.178. The van der Waals surface area contributed by atoms with Crippen molar-refractivity contribution in [3.63, 3.8) is 0 Å². The summed E-state index contributed by atoms with van der Waals surface area (Å²) in [4.78, 5) is 46.5. The molecule has 1 aliphatic rings. The third-order valence-electron chi connectivity index (χ3n) is 5.44. The number of fused-ring (bicyclic) bond motifs is 1. The molecule has 4 aromatic rings. The molecule has 178 valence electrons. The molecule has 1 aliphatic heterocycles. The van der Waals surface area contributed by atoms with Crippen LogP contribution in [0.5, 0.6) is 0 Å². The van der Waals surface area contributed by atoms with Crippen molar-refractivity contribution in [2.45, 2.75) is 16.8 Å². The molecule has 5 rings (SSSR count). The molecule has 2 aromatic heterocycles. The fourth-order valence-electron chi connectivity index (χ4n) is 3.63. The van der Waals surface area contributed by atoms with Crippen LogP contribution >= 0.6 is 35.6 Å². The van der Waals surface area contributed by atoms with Gasteiger partial charge in [0.2, 0.25) is 0 Å². The van der Waals surface area contributed by atoms with Crippen molar-refractivity contribution >= 4 is 69.9 Å². The highest BCUT2D eigenvalue weighted by atomic mass is 35.5. The van der Waals surface area contributed by atoms with E-state index in [1.54, 1.807) is 48.7 Å². The molecule has 1 N–H and O–H groups in total. The van der Waals surface area contributed by atoms with Gasteiger partial charge in [-0.2, -0.15) is 0 Å². The highest BCUT2D eigenvalue weighted by molar-refractivity contribution is 7.99. The van der Waals surface area contributed by atoms with E-state index in [0.717, 1.165) is 10.5 Å². The van der Waals surface area contributed by atoms with Gasteiger partial charge in [-0.25, -0.2) is 4.98 Å². The van der Waals surface area contributed by atoms with E-state index in [0.29, 0.717) is 21.4 Å². The van der Waals surface area contributed by atoms with Crippen molar-refractivity contribution in [1.82, 2.24) is 14.7 Å². The Labute approximate surface area is 220 Å². The average molecular weight is 533 g/mol. The summed E-state index contributed by atoms with van der Waals surface area (Å²) in [6.07, 6.45) is 2.87. The molecule has 3 heterocycles. The Morgan fingerprint density at radius 2 is 1.72 bits per heavy atom. The first-order valence-corrected chi connectivity index (χ1v) is 12.3. The van der Waals surface area contributed by atoms with Crippen LogP contribution in [0.15, 0.2) is 93.2 Å². The predicted molar refractivity (Wildman–Crippen MR) is 144 cm³/mol. The molecule has 1 fully saturated rings. The monoisotopic (exact) mass is 532 g/mol. The Kier molecular flexibility index (Phi) is 6.44. The van der Waals surface area contributed by atoms with E-state index in [1.807, 2.05) is 31.2 Å². The van der Waals surface area contributed by atoms with Crippen LogP contribution in [0.3, 0.4) is 0 Å². The maximum atomic E-state index is 13.5. The number of nitrogens with zero attached hydrogens (tertiary/aromatic N) is 3. The maximum Gasteiger partial charge on any atom is 0.270 e. The molecule has 0 aliphatic carbocycles. The van der Waals surface area contributed by atoms with Gasteiger partial charge in [0.25, 0.3) is 17.4 Å². The molecule has 0 saturated carbocycles. The lowest BCUT2D eigenvalue weighted by Crippen LogP contribution is -2.54. The number of pyridine rings is 1. The van der Waals surface area contributed by atoms with Crippen molar-refractivity contribution in [3.05, 3.63) is 105 Å². The van der Waals surface area contributed by atoms with Gasteiger partial charge in [-0.15, -0.1) is 0 Å². The number of aromatic nitrogens is 2. The summed E-state index contributed by atoms with van der Waals surface area (Å²) < 4.78 is 1.37. The van der Waals surface area contributed by atoms with Crippen LogP contribution in [0.4, 0.5) is 5.69 Å². The predicted octanol–water partition coefficient (Wildman–Crippen LogP) is 4.64. The van der Waals surface area contributed by atoms with Crippen LogP contribution < -0.4 is 15.8 Å². The summed E-state index contributed by atoms with van der Waals surface area (Å²) >= 11 is 12.5. The van der Waals surface area contributed by atoms with E-state index in [2.05, 4.69) is 10.3 Å². The Balaban J connectivity index is 1.65. The number of hydrogen-bond acceptors (Lipinski definition) is 6. The summed E-state index contributed by atoms with van der Waals surface area (Å²) in [7, 11) is 0. The first-order chi connectivity index (χ1) is 17.3. The zero-order chi connectivity index (χ0) is 25.4. The van der Waals surface area contributed by atoms with Gasteiger partial charge >= 0.3 is 0 Å². The number of nitrogens with one attached hydrogen (secondary N) is 1. The molecular weight excluding hydrogens is 516 g/mol. The van der Waals surface area contributed by atoms with Crippen molar-refractivity contribution in [2.24, 2.45) is 0 Å². The molecule has 0 radical (unpaired) electrons. The lowest BCUT2D eigenvalue weighted by Gasteiger charge is -2.29. The zero-order valence-electron chi connectivity index (χ0n) is 18.8. The highest BCUT2D eigenvalue weighted by Gasteiger charge is 2.35. The zero-order valence-corrected chi connectivity index (χ0v) is 21.2. The fourth-order valence-corrected chi connectivity index (χ4v) is 4.93. The molecule has 1 saturated heterocycles. The smallest absolute Gasteiger partial charge is 0.270 e. The minimum absolute atomic E-state index is 0.0629. The number of rotatable bonds is 4. The van der Waals surface area contributed by atoms with Crippen LogP contribution in [-0.4, -0.2) is 26.3 Å². The number of hydrogen-bond donors (Lipinski definition) is 1. The van der Waals surface area contributed by atoms with E-state index in [4.69, 9.17) is 23.8 Å². The molecule has 0 spiro atoms. The highest BCUT2D eigenvalue weighted by Crippen LogP contribution is 2.30. The van der Waals surface area contributed by atoms with Crippen LogP contribution in [0.25, 0.3) is 11.7 Å². The molecule has 7 nitrogen and oxygen atoms in total. The Morgan fingerprint density at radius 1 is 1.00 bits per heavy atom. The van der Waals surface area contributed by atoms with E-state index < -0.39 is 17.4 Å². The van der Waals surface area contributed by atoms with Gasteiger partial charge in [-0.05, 0) is 73.7 Å². The van der Waals surface area contributed by atoms with Crippen LogP contribution in [0.2, 0.25) is 5.02 Å². The number of amides is 2. The topological polar surface area (TPSA) is 83.8 Å². The first-order valence-electron chi connectivity index (χ1n) is 10.7. The molecule has 36 heavy (non-hydrogen) atoms. The third kappa shape index (κ3) is 4.56. The number of anilines is 1. The fraction of sp³-hybridized carbons (Fsp3) is 0.0385. The summed E-state index contributed by atoms with van der Waals surface area (Å²) in [5.74, 6) is -1.35. The third-order valence-corrected chi connectivity index (χ3v) is 6.99. The van der Waals surface area contributed by atoms with Gasteiger partial charge < -0.3 is 0 Å². The lowest BCUT2D eigenvalue weighted by atomic mass is 10.1. The second-order valence-corrected chi connectivity index (χ2v) is 9.80. The molecule has 2 aromatic carbocycles. The molecule has 2 amide bonds. The molecule has 0 unspecified atom stereocenters. The normalized spacial score (nSPS) is 15.0. The number of carbonyl (C=O) groups is 2. The molecule has 0 atom stereocenters. The lowest BCUT2D eigenvalue weighted by molar-refractivity contribution is -0.122. The number of thiocarbonyl (C=S) groups is 1. The number of aryl methyl sites for hydroxylation is 1. The van der Waals surface area contributed by atoms with Gasteiger partial charge in [0.15, 0.2) is 5.11 Å². The summed E-state index contributed by atoms with van der Waals surface area (Å²) in [6, 6.07) is 19.4. The van der Waals surface area contributed by atoms with E-state index in [9.17, 15) is 14.4 Å². The molecule has 10 heteroatoms.